The molecule has 1 amide bonds. The van der Waals surface area contributed by atoms with Gasteiger partial charge < -0.3 is 10.6 Å². The minimum absolute atomic E-state index is 0.102. The Morgan fingerprint density at radius 2 is 2.22 bits per heavy atom. The van der Waals surface area contributed by atoms with Crippen molar-refractivity contribution in [2.24, 2.45) is 0 Å². The molecule has 1 saturated carbocycles. The summed E-state index contributed by atoms with van der Waals surface area (Å²) in [5.41, 5.74) is 1.41. The highest BCUT2D eigenvalue weighted by atomic mass is 79.9. The average Bonchev–Trinajstić information content (AvgIpc) is 2.31. The van der Waals surface area contributed by atoms with Crippen LogP contribution >= 0.6 is 15.9 Å². The molecule has 1 fully saturated rings. The zero-order valence-corrected chi connectivity index (χ0v) is 12.2. The van der Waals surface area contributed by atoms with Crippen molar-refractivity contribution >= 4 is 21.8 Å². The number of hydrogen-bond acceptors (Lipinski definition) is 2. The number of amides is 1. The first-order chi connectivity index (χ1) is 8.69. The van der Waals surface area contributed by atoms with Gasteiger partial charge in [0.1, 0.15) is 0 Å². The maximum absolute atomic E-state index is 11.1. The van der Waals surface area contributed by atoms with Gasteiger partial charge in [0.05, 0.1) is 0 Å². The Labute approximate surface area is 116 Å². The van der Waals surface area contributed by atoms with Crippen molar-refractivity contribution < 1.29 is 4.79 Å². The second-order valence-corrected chi connectivity index (χ2v) is 5.71. The molecule has 0 saturated heterocycles. The first kappa shape index (κ1) is 13.6. The molecule has 2 N–H and O–H groups in total. The minimum atomic E-state index is 0.102. The van der Waals surface area contributed by atoms with E-state index in [1.165, 1.54) is 18.4 Å². The predicted octanol–water partition coefficient (Wildman–Crippen LogP) is 2.42. The maximum Gasteiger partial charge on any atom is 0.221 e. The smallest absolute Gasteiger partial charge is 0.221 e. The molecule has 0 unspecified atom stereocenters. The lowest BCUT2D eigenvalue weighted by molar-refractivity contribution is -0.120. The lowest BCUT2D eigenvalue weighted by Gasteiger charge is -2.36. The van der Waals surface area contributed by atoms with Crippen LogP contribution in [-0.2, 0) is 4.79 Å². The third-order valence-corrected chi connectivity index (χ3v) is 4.02. The van der Waals surface area contributed by atoms with E-state index in [9.17, 15) is 4.79 Å². The van der Waals surface area contributed by atoms with Crippen LogP contribution in [0.4, 0.5) is 0 Å². The van der Waals surface area contributed by atoms with Gasteiger partial charge in [0, 0.05) is 30.5 Å². The molecule has 1 aromatic carbocycles. The highest BCUT2D eigenvalue weighted by molar-refractivity contribution is 9.10. The molecule has 4 heteroatoms. The van der Waals surface area contributed by atoms with Crippen LogP contribution < -0.4 is 10.6 Å². The van der Waals surface area contributed by atoms with Crippen molar-refractivity contribution in [2.45, 2.75) is 31.2 Å². The molecule has 1 aromatic rings. The third kappa shape index (κ3) is 3.56. The fraction of sp³-hybridized carbons (Fsp3) is 0.500. The summed E-state index contributed by atoms with van der Waals surface area (Å²) in [5, 5.41) is 6.06. The summed E-state index contributed by atoms with van der Waals surface area (Å²) in [4.78, 5) is 11.1. The molecule has 1 aliphatic carbocycles. The summed E-state index contributed by atoms with van der Waals surface area (Å²) in [6.45, 7) is 0.773. The van der Waals surface area contributed by atoms with Crippen LogP contribution in [0.15, 0.2) is 28.7 Å². The van der Waals surface area contributed by atoms with Gasteiger partial charge in [-0.3, -0.25) is 4.79 Å². The van der Waals surface area contributed by atoms with Gasteiger partial charge in [0.25, 0.3) is 0 Å². The minimum Gasteiger partial charge on any atom is -0.359 e. The molecule has 98 valence electrons. The van der Waals surface area contributed by atoms with Gasteiger partial charge in [-0.05, 0) is 36.5 Å². The Morgan fingerprint density at radius 3 is 2.89 bits per heavy atom. The van der Waals surface area contributed by atoms with Gasteiger partial charge in [-0.15, -0.1) is 0 Å². The first-order valence-corrected chi connectivity index (χ1v) is 7.17. The molecular formula is C14H19BrN2O. The number of carbonyl (C=O) groups excluding carboxylic acids is 1. The third-order valence-electron chi connectivity index (χ3n) is 3.52. The number of nitrogens with one attached hydrogen (secondary N) is 2. The second-order valence-electron chi connectivity index (χ2n) is 4.80. The lowest BCUT2D eigenvalue weighted by Crippen LogP contribution is -2.41. The van der Waals surface area contributed by atoms with Crippen molar-refractivity contribution in [2.75, 3.05) is 13.6 Å². The van der Waals surface area contributed by atoms with Crippen LogP contribution in [0.25, 0.3) is 0 Å². The number of halogens is 1. The Kier molecular flexibility index (Phi) is 4.78. The zero-order valence-electron chi connectivity index (χ0n) is 10.6. The number of hydrogen-bond donors (Lipinski definition) is 2. The molecule has 3 nitrogen and oxygen atoms in total. The van der Waals surface area contributed by atoms with E-state index in [1.54, 1.807) is 7.05 Å². The number of rotatable bonds is 5. The van der Waals surface area contributed by atoms with Crippen LogP contribution in [0, 0.1) is 0 Å². The van der Waals surface area contributed by atoms with Gasteiger partial charge in [0.2, 0.25) is 5.91 Å². The van der Waals surface area contributed by atoms with Gasteiger partial charge >= 0.3 is 0 Å². The standard InChI is InChI=1S/C14H19BrN2O/c1-16-14(18)5-6-17-13-8-11(9-13)10-3-2-4-12(15)7-10/h2-4,7,11,13,17H,5-6,8-9H2,1H3,(H,16,18). The van der Waals surface area contributed by atoms with E-state index < -0.39 is 0 Å². The highest BCUT2D eigenvalue weighted by Crippen LogP contribution is 2.37. The van der Waals surface area contributed by atoms with Gasteiger partial charge in [-0.25, -0.2) is 0 Å². The fourth-order valence-electron chi connectivity index (χ4n) is 2.33. The largest absolute Gasteiger partial charge is 0.359 e. The Bertz CT molecular complexity index is 416. The maximum atomic E-state index is 11.1. The van der Waals surface area contributed by atoms with E-state index in [0.717, 1.165) is 11.0 Å². The molecule has 18 heavy (non-hydrogen) atoms. The van der Waals surface area contributed by atoms with E-state index >= 15 is 0 Å². The predicted molar refractivity (Wildman–Crippen MR) is 76.6 cm³/mol. The van der Waals surface area contributed by atoms with E-state index in [1.807, 2.05) is 0 Å². The van der Waals surface area contributed by atoms with Crippen molar-refractivity contribution in [3.05, 3.63) is 34.3 Å². The molecule has 0 aliphatic heterocycles. The highest BCUT2D eigenvalue weighted by Gasteiger charge is 2.29. The summed E-state index contributed by atoms with van der Waals surface area (Å²) < 4.78 is 1.15. The summed E-state index contributed by atoms with van der Waals surface area (Å²) in [7, 11) is 1.68. The SMILES string of the molecule is CNC(=O)CCNC1CC(c2cccc(Br)c2)C1. The van der Waals surface area contributed by atoms with E-state index in [2.05, 4.69) is 50.8 Å². The van der Waals surface area contributed by atoms with Crippen LogP contribution in [0.2, 0.25) is 0 Å². The van der Waals surface area contributed by atoms with E-state index in [-0.39, 0.29) is 5.91 Å². The molecule has 0 aromatic heterocycles. The average molecular weight is 311 g/mol. The van der Waals surface area contributed by atoms with Crippen LogP contribution in [0.1, 0.15) is 30.7 Å². The van der Waals surface area contributed by atoms with Crippen LogP contribution in [0.5, 0.6) is 0 Å². The first-order valence-electron chi connectivity index (χ1n) is 6.38. The Morgan fingerprint density at radius 1 is 1.44 bits per heavy atom. The molecule has 2 rings (SSSR count). The lowest BCUT2D eigenvalue weighted by atomic mass is 9.76. The van der Waals surface area contributed by atoms with Crippen molar-refractivity contribution in [3.63, 3.8) is 0 Å². The summed E-state index contributed by atoms with van der Waals surface area (Å²) in [6.07, 6.45) is 2.91. The summed E-state index contributed by atoms with van der Waals surface area (Å²) in [6, 6.07) is 9.10. The molecule has 0 heterocycles. The molecule has 0 spiro atoms. The van der Waals surface area contributed by atoms with Gasteiger partial charge in [0.15, 0.2) is 0 Å². The van der Waals surface area contributed by atoms with Crippen LogP contribution in [0.3, 0.4) is 0 Å². The quantitative estimate of drug-likeness (QED) is 0.877. The van der Waals surface area contributed by atoms with Crippen LogP contribution in [-0.4, -0.2) is 25.5 Å². The Hall–Kier alpha value is -0.870. The monoisotopic (exact) mass is 310 g/mol. The number of carbonyl (C=O) groups is 1. The van der Waals surface area contributed by atoms with E-state index in [4.69, 9.17) is 0 Å². The van der Waals surface area contributed by atoms with Crippen molar-refractivity contribution in [3.8, 4) is 0 Å². The zero-order chi connectivity index (χ0) is 13.0. The molecule has 1 aliphatic rings. The topological polar surface area (TPSA) is 41.1 Å². The summed E-state index contributed by atoms with van der Waals surface area (Å²) >= 11 is 3.50. The molecule has 0 atom stereocenters. The normalized spacial score (nSPS) is 22.3. The van der Waals surface area contributed by atoms with E-state index in [0.29, 0.717) is 18.4 Å². The van der Waals surface area contributed by atoms with Gasteiger partial charge in [-0.2, -0.15) is 0 Å². The second kappa shape index (κ2) is 6.34. The molecule has 0 bridgehead atoms. The molecular weight excluding hydrogens is 292 g/mol. The fourth-order valence-corrected chi connectivity index (χ4v) is 2.75. The summed E-state index contributed by atoms with van der Waals surface area (Å²) in [5.74, 6) is 0.769. The Balaban J connectivity index is 1.69. The van der Waals surface area contributed by atoms with Gasteiger partial charge in [-0.1, -0.05) is 28.1 Å². The molecule has 0 radical (unpaired) electrons. The number of benzene rings is 1. The van der Waals surface area contributed by atoms with Crippen molar-refractivity contribution in [1.29, 1.82) is 0 Å². The van der Waals surface area contributed by atoms with Crippen molar-refractivity contribution in [1.82, 2.24) is 10.6 Å².